The highest BCUT2D eigenvalue weighted by Gasteiger charge is 2.52. The zero-order valence-corrected chi connectivity index (χ0v) is 14.2. The zero-order chi connectivity index (χ0) is 16.0. The van der Waals surface area contributed by atoms with Crippen molar-refractivity contribution in [2.24, 2.45) is 23.2 Å². The van der Waals surface area contributed by atoms with Crippen molar-refractivity contribution < 1.29 is 14.6 Å². The molecule has 6 atom stereocenters. The summed E-state index contributed by atoms with van der Waals surface area (Å²) >= 11 is 0. The highest BCUT2D eigenvalue weighted by molar-refractivity contribution is 5.83. The molecule has 3 aliphatic carbocycles. The second kappa shape index (κ2) is 5.76. The minimum Gasteiger partial charge on any atom is -0.386 e. The normalized spacial score (nSPS) is 46.0. The molecule has 0 aromatic carbocycles. The predicted molar refractivity (Wildman–Crippen MR) is 86.5 cm³/mol. The van der Waals surface area contributed by atoms with Crippen LogP contribution in [-0.2, 0) is 9.53 Å². The van der Waals surface area contributed by atoms with E-state index in [1.807, 2.05) is 19.1 Å². The first-order valence-corrected chi connectivity index (χ1v) is 8.88. The molecule has 0 saturated heterocycles. The molecule has 0 aromatic rings. The van der Waals surface area contributed by atoms with Gasteiger partial charge in [-0.2, -0.15) is 0 Å². The lowest BCUT2D eigenvalue weighted by Crippen LogP contribution is -2.40. The number of hydrogen-bond acceptors (Lipinski definition) is 3. The Bertz CT molecular complexity index is 467. The van der Waals surface area contributed by atoms with Crippen LogP contribution < -0.4 is 0 Å². The van der Waals surface area contributed by atoms with E-state index in [-0.39, 0.29) is 11.5 Å². The molecule has 3 aliphatic rings. The van der Waals surface area contributed by atoms with E-state index in [4.69, 9.17) is 4.74 Å². The molecule has 2 saturated carbocycles. The van der Waals surface area contributed by atoms with Crippen molar-refractivity contribution in [3.63, 3.8) is 0 Å². The van der Waals surface area contributed by atoms with Gasteiger partial charge in [-0.1, -0.05) is 26.0 Å². The SMILES string of the molecule is C[C@@H](CO[C@@H]1C=C[C@](C)(O)C1)[C@H]1CCC2C(=O)CCC[C@@]21C. The summed E-state index contributed by atoms with van der Waals surface area (Å²) in [5, 5.41) is 9.96. The van der Waals surface area contributed by atoms with Gasteiger partial charge in [0, 0.05) is 18.8 Å². The van der Waals surface area contributed by atoms with E-state index < -0.39 is 5.60 Å². The van der Waals surface area contributed by atoms with Crippen molar-refractivity contribution in [1.29, 1.82) is 0 Å². The summed E-state index contributed by atoms with van der Waals surface area (Å²) in [5.74, 6) is 1.85. The third-order valence-electron chi connectivity index (χ3n) is 6.48. The largest absolute Gasteiger partial charge is 0.386 e. The van der Waals surface area contributed by atoms with Crippen LogP contribution in [0.1, 0.15) is 59.3 Å². The predicted octanol–water partition coefficient (Wildman–Crippen LogP) is 3.50. The molecule has 0 bridgehead atoms. The molecule has 0 aromatic heterocycles. The van der Waals surface area contributed by atoms with Crippen LogP contribution in [-0.4, -0.2) is 29.2 Å². The molecule has 0 spiro atoms. The van der Waals surface area contributed by atoms with Crippen molar-refractivity contribution in [2.45, 2.75) is 71.0 Å². The third-order valence-corrected chi connectivity index (χ3v) is 6.48. The Hall–Kier alpha value is -0.670. The molecule has 0 heterocycles. The molecule has 0 radical (unpaired) electrons. The number of Topliss-reactive ketones (excluding diaryl/α,β-unsaturated/α-hetero) is 1. The molecule has 3 rings (SSSR count). The third kappa shape index (κ3) is 2.90. The lowest BCUT2D eigenvalue weighted by Gasteiger charge is -2.42. The van der Waals surface area contributed by atoms with Crippen LogP contribution in [0.15, 0.2) is 12.2 Å². The van der Waals surface area contributed by atoms with Gasteiger partial charge in [0.2, 0.25) is 0 Å². The van der Waals surface area contributed by atoms with Crippen LogP contribution in [0.5, 0.6) is 0 Å². The van der Waals surface area contributed by atoms with Crippen molar-refractivity contribution in [3.05, 3.63) is 12.2 Å². The van der Waals surface area contributed by atoms with Gasteiger partial charge in [0.25, 0.3) is 0 Å². The van der Waals surface area contributed by atoms with Gasteiger partial charge in [0.15, 0.2) is 0 Å². The van der Waals surface area contributed by atoms with Gasteiger partial charge in [-0.15, -0.1) is 0 Å². The number of rotatable bonds is 4. The van der Waals surface area contributed by atoms with E-state index in [0.717, 1.165) is 32.3 Å². The summed E-state index contributed by atoms with van der Waals surface area (Å²) in [6.45, 7) is 7.16. The molecule has 22 heavy (non-hydrogen) atoms. The molecule has 2 fully saturated rings. The van der Waals surface area contributed by atoms with Crippen LogP contribution in [0.25, 0.3) is 0 Å². The van der Waals surface area contributed by atoms with Crippen molar-refractivity contribution in [2.75, 3.05) is 6.61 Å². The standard InChI is InChI=1S/C19H30O3/c1-13(12-22-14-8-10-18(2,21)11-14)15-6-7-16-17(20)5-4-9-19(15,16)3/h8,10,13-16,21H,4-7,9,11-12H2,1-3H3/t13-,14+,15+,16?,18-,19+/m0/s1. The Labute approximate surface area is 134 Å². The van der Waals surface area contributed by atoms with E-state index in [2.05, 4.69) is 13.8 Å². The van der Waals surface area contributed by atoms with Crippen LogP contribution in [0.3, 0.4) is 0 Å². The maximum Gasteiger partial charge on any atom is 0.136 e. The highest BCUT2D eigenvalue weighted by Crippen LogP contribution is 2.56. The Kier molecular flexibility index (Phi) is 4.24. The molecule has 3 nitrogen and oxygen atoms in total. The first-order chi connectivity index (χ1) is 10.3. The van der Waals surface area contributed by atoms with Crippen LogP contribution >= 0.6 is 0 Å². The van der Waals surface area contributed by atoms with E-state index in [9.17, 15) is 9.90 Å². The molecular formula is C19H30O3. The average molecular weight is 306 g/mol. The van der Waals surface area contributed by atoms with Crippen LogP contribution in [0.2, 0.25) is 0 Å². The fourth-order valence-electron chi connectivity index (χ4n) is 5.27. The fraction of sp³-hybridized carbons (Fsp3) is 0.842. The van der Waals surface area contributed by atoms with Gasteiger partial charge in [0.05, 0.1) is 18.3 Å². The molecule has 1 unspecified atom stereocenters. The van der Waals surface area contributed by atoms with Crippen LogP contribution in [0.4, 0.5) is 0 Å². The first kappa shape index (κ1) is 16.2. The van der Waals surface area contributed by atoms with Crippen LogP contribution in [0, 0.1) is 23.2 Å². The summed E-state index contributed by atoms with van der Waals surface area (Å²) in [5.41, 5.74) is -0.525. The number of aliphatic hydroxyl groups is 1. The van der Waals surface area contributed by atoms with E-state index in [1.165, 1.54) is 6.42 Å². The number of ketones is 1. The van der Waals surface area contributed by atoms with Crippen molar-refractivity contribution >= 4 is 5.78 Å². The number of ether oxygens (including phenoxy) is 1. The molecule has 124 valence electrons. The van der Waals surface area contributed by atoms with E-state index >= 15 is 0 Å². The maximum atomic E-state index is 12.2. The maximum absolute atomic E-state index is 12.2. The van der Waals surface area contributed by atoms with Gasteiger partial charge in [-0.25, -0.2) is 0 Å². The summed E-state index contributed by atoms with van der Waals surface area (Å²) in [7, 11) is 0. The summed E-state index contributed by atoms with van der Waals surface area (Å²) in [4.78, 5) is 12.2. The smallest absolute Gasteiger partial charge is 0.136 e. The summed E-state index contributed by atoms with van der Waals surface area (Å²) in [6, 6.07) is 0. The zero-order valence-electron chi connectivity index (χ0n) is 14.2. The Morgan fingerprint density at radius 1 is 1.41 bits per heavy atom. The number of carbonyl (C=O) groups excluding carboxylic acids is 1. The van der Waals surface area contributed by atoms with E-state index in [0.29, 0.717) is 30.0 Å². The van der Waals surface area contributed by atoms with Gasteiger partial charge in [0.1, 0.15) is 5.78 Å². The number of fused-ring (bicyclic) bond motifs is 1. The molecule has 3 heteroatoms. The second-order valence-corrected chi connectivity index (χ2v) is 8.33. The van der Waals surface area contributed by atoms with Gasteiger partial charge >= 0.3 is 0 Å². The van der Waals surface area contributed by atoms with Crippen molar-refractivity contribution in [1.82, 2.24) is 0 Å². The molecule has 0 aliphatic heterocycles. The van der Waals surface area contributed by atoms with Gasteiger partial charge in [-0.3, -0.25) is 4.79 Å². The van der Waals surface area contributed by atoms with Gasteiger partial charge < -0.3 is 9.84 Å². The lowest BCUT2D eigenvalue weighted by atomic mass is 9.62. The summed E-state index contributed by atoms with van der Waals surface area (Å²) < 4.78 is 6.03. The first-order valence-electron chi connectivity index (χ1n) is 8.88. The second-order valence-electron chi connectivity index (χ2n) is 8.33. The van der Waals surface area contributed by atoms with Crippen molar-refractivity contribution in [3.8, 4) is 0 Å². The minimum atomic E-state index is -0.714. The average Bonchev–Trinajstić information content (AvgIpc) is 2.96. The molecular weight excluding hydrogens is 276 g/mol. The Morgan fingerprint density at radius 3 is 2.86 bits per heavy atom. The topological polar surface area (TPSA) is 46.5 Å². The molecule has 1 N–H and O–H groups in total. The minimum absolute atomic E-state index is 0.0374. The monoisotopic (exact) mass is 306 g/mol. The molecule has 0 amide bonds. The Balaban J connectivity index is 1.58. The highest BCUT2D eigenvalue weighted by atomic mass is 16.5. The number of hydrogen-bond donors (Lipinski definition) is 1. The Morgan fingerprint density at radius 2 is 2.18 bits per heavy atom. The van der Waals surface area contributed by atoms with Gasteiger partial charge in [-0.05, 0) is 49.9 Å². The fourth-order valence-corrected chi connectivity index (χ4v) is 5.27. The summed E-state index contributed by atoms with van der Waals surface area (Å²) in [6.07, 6.45) is 9.79. The lowest BCUT2D eigenvalue weighted by molar-refractivity contribution is -0.130. The number of carbonyl (C=O) groups is 1. The quantitative estimate of drug-likeness (QED) is 0.809. The van der Waals surface area contributed by atoms with E-state index in [1.54, 1.807) is 0 Å².